The molecule has 0 amide bonds. The third-order valence-electron chi connectivity index (χ3n) is 5.81. The number of benzene rings is 1. The second-order valence-electron chi connectivity index (χ2n) is 7.69. The summed E-state index contributed by atoms with van der Waals surface area (Å²) in [5.74, 6) is 1.83. The number of thiophene rings is 1. The Balaban J connectivity index is 1.37. The zero-order valence-corrected chi connectivity index (χ0v) is 19.1. The van der Waals surface area contributed by atoms with Crippen LogP contribution in [-0.4, -0.2) is 52.3 Å². The molecule has 164 valence electrons. The molecule has 0 fully saturated rings. The Morgan fingerprint density at radius 1 is 1.23 bits per heavy atom. The van der Waals surface area contributed by atoms with Crippen molar-refractivity contribution in [2.24, 2.45) is 4.99 Å². The Bertz CT molecular complexity index is 979. The van der Waals surface area contributed by atoms with Gasteiger partial charge in [0.05, 0.1) is 6.04 Å². The van der Waals surface area contributed by atoms with E-state index in [0.29, 0.717) is 0 Å². The molecule has 4 rings (SSSR count). The third-order valence-corrected chi connectivity index (χ3v) is 6.83. The van der Waals surface area contributed by atoms with Gasteiger partial charge in [-0.1, -0.05) is 37.3 Å². The van der Waals surface area contributed by atoms with Crippen LogP contribution in [0.3, 0.4) is 0 Å². The molecule has 1 atom stereocenters. The van der Waals surface area contributed by atoms with Gasteiger partial charge in [0.15, 0.2) is 5.96 Å². The molecule has 0 aliphatic carbocycles. The van der Waals surface area contributed by atoms with Crippen LogP contribution in [0.4, 0.5) is 0 Å². The van der Waals surface area contributed by atoms with Crippen molar-refractivity contribution < 1.29 is 0 Å². The van der Waals surface area contributed by atoms with E-state index in [1.807, 2.05) is 18.4 Å². The van der Waals surface area contributed by atoms with Gasteiger partial charge in [0.25, 0.3) is 0 Å². The monoisotopic (exact) mass is 437 g/mol. The summed E-state index contributed by atoms with van der Waals surface area (Å²) in [6, 6.07) is 13.3. The number of nitrogens with one attached hydrogen (secondary N) is 2. The van der Waals surface area contributed by atoms with E-state index in [9.17, 15) is 0 Å². The number of aromatic nitrogens is 3. The normalized spacial score (nSPS) is 15.5. The molecule has 1 aromatic carbocycles. The van der Waals surface area contributed by atoms with E-state index >= 15 is 0 Å². The lowest BCUT2D eigenvalue weighted by Crippen LogP contribution is -2.44. The Morgan fingerprint density at radius 3 is 2.90 bits per heavy atom. The summed E-state index contributed by atoms with van der Waals surface area (Å²) in [6.45, 7) is 6.55. The first-order valence-electron chi connectivity index (χ1n) is 10.9. The Morgan fingerprint density at radius 2 is 2.10 bits per heavy atom. The third kappa shape index (κ3) is 5.32. The molecule has 3 heterocycles. The Hall–Kier alpha value is -2.71. The van der Waals surface area contributed by atoms with E-state index in [1.54, 1.807) is 6.33 Å². The summed E-state index contributed by atoms with van der Waals surface area (Å²) in [7, 11) is 1.82. The second kappa shape index (κ2) is 10.5. The van der Waals surface area contributed by atoms with Gasteiger partial charge in [-0.25, -0.2) is 0 Å². The first-order valence-corrected chi connectivity index (χ1v) is 11.8. The van der Waals surface area contributed by atoms with Crippen LogP contribution in [-0.2, 0) is 25.9 Å². The molecule has 0 saturated heterocycles. The SMILES string of the molecule is CCc1nncn1CCNC(=NC)NCC(c1ccccc1)N1CCc2sccc2C1. The number of rotatable bonds is 8. The van der Waals surface area contributed by atoms with Crippen molar-refractivity contribution in [1.29, 1.82) is 0 Å². The van der Waals surface area contributed by atoms with Gasteiger partial charge in [-0.15, -0.1) is 21.5 Å². The maximum atomic E-state index is 4.42. The zero-order valence-electron chi connectivity index (χ0n) is 18.3. The molecule has 2 N–H and O–H groups in total. The van der Waals surface area contributed by atoms with Crippen molar-refractivity contribution in [2.75, 3.05) is 26.7 Å². The molecule has 8 heteroatoms. The smallest absolute Gasteiger partial charge is 0.191 e. The molecule has 1 aliphatic rings. The highest BCUT2D eigenvalue weighted by Crippen LogP contribution is 2.30. The summed E-state index contributed by atoms with van der Waals surface area (Å²) in [4.78, 5) is 8.54. The molecular formula is C23H31N7S. The fraction of sp³-hybridized carbons (Fsp3) is 0.435. The van der Waals surface area contributed by atoms with Gasteiger partial charge >= 0.3 is 0 Å². The van der Waals surface area contributed by atoms with Gasteiger partial charge < -0.3 is 15.2 Å². The molecule has 1 unspecified atom stereocenters. The van der Waals surface area contributed by atoms with Gasteiger partial charge in [-0.05, 0) is 29.0 Å². The molecule has 0 radical (unpaired) electrons. The minimum absolute atomic E-state index is 0.289. The van der Waals surface area contributed by atoms with Crippen molar-refractivity contribution in [3.63, 3.8) is 0 Å². The van der Waals surface area contributed by atoms with E-state index in [0.717, 1.165) is 57.3 Å². The van der Waals surface area contributed by atoms with Crippen molar-refractivity contribution in [3.8, 4) is 0 Å². The molecular weight excluding hydrogens is 406 g/mol. The van der Waals surface area contributed by atoms with Crippen molar-refractivity contribution >= 4 is 17.3 Å². The highest BCUT2D eigenvalue weighted by Gasteiger charge is 2.25. The summed E-state index contributed by atoms with van der Waals surface area (Å²) in [5.41, 5.74) is 2.81. The van der Waals surface area contributed by atoms with Gasteiger partial charge in [-0.3, -0.25) is 9.89 Å². The number of hydrogen-bond acceptors (Lipinski definition) is 5. The minimum atomic E-state index is 0.289. The highest BCUT2D eigenvalue weighted by atomic mass is 32.1. The van der Waals surface area contributed by atoms with Crippen LogP contribution in [0.25, 0.3) is 0 Å². The standard InChI is InChI=1S/C23H31N7S/c1-3-22-28-27-17-30(22)13-11-25-23(24-2)26-15-20(18-7-5-4-6-8-18)29-12-9-21-19(16-29)10-14-31-21/h4-8,10,14,17,20H,3,9,11-13,15-16H2,1-2H3,(H2,24,25,26). The lowest BCUT2D eigenvalue weighted by Gasteiger charge is -2.35. The average Bonchev–Trinajstić information content (AvgIpc) is 3.47. The number of fused-ring (bicyclic) bond motifs is 1. The van der Waals surface area contributed by atoms with Crippen LogP contribution in [0, 0.1) is 0 Å². The summed E-state index contributed by atoms with van der Waals surface area (Å²) >= 11 is 1.88. The van der Waals surface area contributed by atoms with Gasteiger partial charge in [-0.2, -0.15) is 0 Å². The predicted octanol–water partition coefficient (Wildman–Crippen LogP) is 2.87. The maximum absolute atomic E-state index is 4.42. The molecule has 3 aromatic rings. The topological polar surface area (TPSA) is 70.4 Å². The van der Waals surface area contributed by atoms with Gasteiger partial charge in [0.1, 0.15) is 12.2 Å². The highest BCUT2D eigenvalue weighted by molar-refractivity contribution is 7.10. The van der Waals surface area contributed by atoms with Crippen LogP contribution >= 0.6 is 11.3 Å². The largest absolute Gasteiger partial charge is 0.355 e. The van der Waals surface area contributed by atoms with E-state index in [-0.39, 0.29) is 6.04 Å². The maximum Gasteiger partial charge on any atom is 0.191 e. The first-order chi connectivity index (χ1) is 15.3. The summed E-state index contributed by atoms with van der Waals surface area (Å²) in [5, 5.41) is 17.3. The quantitative estimate of drug-likeness (QED) is 0.419. The average molecular weight is 438 g/mol. The van der Waals surface area contributed by atoms with Crippen molar-refractivity contribution in [1.82, 2.24) is 30.3 Å². The first kappa shape index (κ1) is 21.5. The number of nitrogens with zero attached hydrogens (tertiary/aromatic N) is 5. The molecule has 0 saturated carbocycles. The minimum Gasteiger partial charge on any atom is -0.355 e. The number of aliphatic imine (C=N–C) groups is 1. The van der Waals surface area contributed by atoms with Crippen LogP contribution < -0.4 is 10.6 Å². The molecule has 0 spiro atoms. The van der Waals surface area contributed by atoms with Crippen LogP contribution in [0.2, 0.25) is 0 Å². The molecule has 7 nitrogen and oxygen atoms in total. The molecule has 2 aromatic heterocycles. The van der Waals surface area contributed by atoms with E-state index < -0.39 is 0 Å². The van der Waals surface area contributed by atoms with Crippen LogP contribution in [0.5, 0.6) is 0 Å². The summed E-state index contributed by atoms with van der Waals surface area (Å²) in [6.07, 6.45) is 3.80. The Labute approximate surface area is 188 Å². The van der Waals surface area contributed by atoms with E-state index in [4.69, 9.17) is 0 Å². The molecule has 1 aliphatic heterocycles. The van der Waals surface area contributed by atoms with Crippen LogP contribution in [0.15, 0.2) is 53.1 Å². The molecule has 0 bridgehead atoms. The van der Waals surface area contributed by atoms with Crippen molar-refractivity contribution in [2.45, 2.75) is 38.9 Å². The number of aryl methyl sites for hydroxylation is 1. The Kier molecular flexibility index (Phi) is 7.32. The molecule has 31 heavy (non-hydrogen) atoms. The fourth-order valence-corrected chi connectivity index (χ4v) is 5.01. The lowest BCUT2D eigenvalue weighted by molar-refractivity contribution is 0.181. The number of guanidine groups is 1. The lowest BCUT2D eigenvalue weighted by atomic mass is 10.0. The fourth-order valence-electron chi connectivity index (χ4n) is 4.12. The van der Waals surface area contributed by atoms with E-state index in [1.165, 1.54) is 16.0 Å². The van der Waals surface area contributed by atoms with Crippen molar-refractivity contribution in [3.05, 3.63) is 69.9 Å². The van der Waals surface area contributed by atoms with Gasteiger partial charge in [0, 0.05) is 51.1 Å². The summed E-state index contributed by atoms with van der Waals surface area (Å²) < 4.78 is 2.08. The zero-order chi connectivity index (χ0) is 21.5. The predicted molar refractivity (Wildman–Crippen MR) is 126 cm³/mol. The van der Waals surface area contributed by atoms with Crippen LogP contribution in [0.1, 0.15) is 34.8 Å². The number of hydrogen-bond donors (Lipinski definition) is 2. The van der Waals surface area contributed by atoms with Gasteiger partial charge in [0.2, 0.25) is 0 Å². The van der Waals surface area contributed by atoms with E-state index in [2.05, 4.69) is 84.0 Å². The second-order valence-corrected chi connectivity index (χ2v) is 8.69.